The number of amides is 1. The zero-order chi connectivity index (χ0) is 28.0. The summed E-state index contributed by atoms with van der Waals surface area (Å²) in [6.07, 6.45) is -4.82. The van der Waals surface area contributed by atoms with Gasteiger partial charge < -0.3 is 5.32 Å². The van der Waals surface area contributed by atoms with E-state index in [9.17, 15) is 26.4 Å². The first-order chi connectivity index (χ1) is 18.5. The highest BCUT2D eigenvalue weighted by Crippen LogP contribution is 2.38. The maximum Gasteiger partial charge on any atom is 0.417 e. The van der Waals surface area contributed by atoms with Crippen molar-refractivity contribution in [1.29, 1.82) is 0 Å². The van der Waals surface area contributed by atoms with Crippen LogP contribution < -0.4 is 9.62 Å². The number of rotatable bonds is 9. The van der Waals surface area contributed by atoms with Crippen molar-refractivity contribution < 1.29 is 26.4 Å². The van der Waals surface area contributed by atoms with Crippen molar-refractivity contribution in [3.05, 3.63) is 119 Å². The number of carbonyl (C=O) groups excluding carboxylic acids is 1. The predicted molar refractivity (Wildman–Crippen MR) is 149 cm³/mol. The highest BCUT2D eigenvalue weighted by Gasteiger charge is 2.35. The monoisotopic (exact) mass is 590 g/mol. The smallest absolute Gasteiger partial charge is 0.325 e. The van der Waals surface area contributed by atoms with Gasteiger partial charge in [0.2, 0.25) is 5.91 Å². The minimum atomic E-state index is -4.82. The number of nitrogens with one attached hydrogen (secondary N) is 1. The highest BCUT2D eigenvalue weighted by molar-refractivity contribution is 7.98. The maximum atomic E-state index is 13.5. The van der Waals surface area contributed by atoms with E-state index in [-0.39, 0.29) is 10.6 Å². The van der Waals surface area contributed by atoms with Gasteiger partial charge in [-0.05, 0) is 60.2 Å². The Balaban J connectivity index is 1.55. The number of anilines is 2. The fourth-order valence-electron chi connectivity index (χ4n) is 3.62. The third kappa shape index (κ3) is 7.35. The number of hydrogen-bond donors (Lipinski definition) is 1. The van der Waals surface area contributed by atoms with Gasteiger partial charge in [0.15, 0.2) is 0 Å². The van der Waals surface area contributed by atoms with Crippen molar-refractivity contribution >= 4 is 50.7 Å². The van der Waals surface area contributed by atoms with Gasteiger partial charge >= 0.3 is 6.18 Å². The van der Waals surface area contributed by atoms with Crippen molar-refractivity contribution in [2.24, 2.45) is 0 Å². The minimum Gasteiger partial charge on any atom is -0.325 e. The second kappa shape index (κ2) is 12.1. The first-order valence-corrected chi connectivity index (χ1v) is 14.4. The molecule has 0 unspecified atom stereocenters. The van der Waals surface area contributed by atoms with Crippen molar-refractivity contribution in [2.75, 3.05) is 16.2 Å². The average molecular weight is 591 g/mol. The molecule has 0 atom stereocenters. The molecular weight excluding hydrogens is 569 g/mol. The molecule has 11 heteroatoms. The van der Waals surface area contributed by atoms with Crippen LogP contribution in [0.15, 0.2) is 113 Å². The van der Waals surface area contributed by atoms with Gasteiger partial charge in [0.1, 0.15) is 6.54 Å². The van der Waals surface area contributed by atoms with Crippen molar-refractivity contribution in [3.8, 4) is 0 Å². The number of thioether (sulfide) groups is 1. The molecule has 4 aromatic rings. The number of benzene rings is 4. The third-order valence-corrected chi connectivity index (χ3v) is 8.75. The van der Waals surface area contributed by atoms with Crippen LogP contribution in [-0.2, 0) is 26.7 Å². The van der Waals surface area contributed by atoms with Gasteiger partial charge in [-0.2, -0.15) is 13.2 Å². The van der Waals surface area contributed by atoms with Crippen LogP contribution in [0.25, 0.3) is 0 Å². The van der Waals surface area contributed by atoms with Crippen LogP contribution in [0.4, 0.5) is 24.5 Å². The van der Waals surface area contributed by atoms with Crippen LogP contribution in [0.5, 0.6) is 0 Å². The molecule has 1 N–H and O–H groups in total. The van der Waals surface area contributed by atoms with E-state index in [1.807, 2.05) is 42.5 Å². The Morgan fingerprint density at radius 2 is 1.49 bits per heavy atom. The molecule has 0 aromatic heterocycles. The number of carbonyl (C=O) groups is 1. The summed E-state index contributed by atoms with van der Waals surface area (Å²) in [7, 11) is -4.40. The molecule has 1 amide bonds. The molecule has 39 heavy (non-hydrogen) atoms. The van der Waals surface area contributed by atoms with Crippen LogP contribution in [0.3, 0.4) is 0 Å². The summed E-state index contributed by atoms with van der Waals surface area (Å²) in [5.74, 6) is -0.0242. The van der Waals surface area contributed by atoms with E-state index in [0.717, 1.165) is 22.6 Å². The first kappa shape index (κ1) is 28.5. The standard InChI is InChI=1S/C28H22ClF3N2O3S2/c29-26-16-15-22(17-25(26)28(30,31)32)34(39(36,37)24-9-5-2-6-10-24)18-27(35)33-21-13-11-20(12-14-21)19-38-23-7-3-1-4-8-23/h1-17H,18-19H2,(H,33,35). The van der Waals surface area contributed by atoms with Crippen LogP contribution in [-0.4, -0.2) is 20.9 Å². The van der Waals surface area contributed by atoms with Gasteiger partial charge in [0.05, 0.1) is 21.2 Å². The Bertz CT molecular complexity index is 1530. The molecule has 5 nitrogen and oxygen atoms in total. The average Bonchev–Trinajstić information content (AvgIpc) is 2.92. The number of alkyl halides is 3. The zero-order valence-electron chi connectivity index (χ0n) is 20.2. The summed E-state index contributed by atoms with van der Waals surface area (Å²) in [4.78, 5) is 13.9. The van der Waals surface area contributed by atoms with Gasteiger partial charge in [-0.15, -0.1) is 11.8 Å². The van der Waals surface area contributed by atoms with Crippen molar-refractivity contribution in [3.63, 3.8) is 0 Å². The molecule has 0 saturated heterocycles. The van der Waals surface area contributed by atoms with E-state index in [0.29, 0.717) is 21.8 Å². The van der Waals surface area contributed by atoms with E-state index < -0.39 is 39.2 Å². The van der Waals surface area contributed by atoms with Crippen molar-refractivity contribution in [1.82, 2.24) is 0 Å². The second-order valence-electron chi connectivity index (χ2n) is 8.33. The molecule has 0 saturated carbocycles. The Labute approximate surface area is 233 Å². The summed E-state index contributed by atoms with van der Waals surface area (Å²) in [6, 6.07) is 26.7. The molecule has 0 radical (unpaired) electrons. The molecule has 0 bridgehead atoms. The molecule has 4 rings (SSSR count). The lowest BCUT2D eigenvalue weighted by Gasteiger charge is -2.25. The molecule has 0 aliphatic heterocycles. The molecule has 0 heterocycles. The van der Waals surface area contributed by atoms with Crippen molar-refractivity contribution in [2.45, 2.75) is 21.7 Å². The topological polar surface area (TPSA) is 66.5 Å². The molecule has 4 aromatic carbocycles. The molecule has 0 aliphatic carbocycles. The Morgan fingerprint density at radius 1 is 0.872 bits per heavy atom. The van der Waals surface area contributed by atoms with Crippen LogP contribution in [0, 0.1) is 0 Å². The summed E-state index contributed by atoms with van der Waals surface area (Å²) < 4.78 is 68.0. The molecule has 0 fully saturated rings. The molecule has 0 aliphatic rings. The third-order valence-electron chi connectivity index (χ3n) is 5.55. The normalized spacial score (nSPS) is 11.7. The fraction of sp³-hybridized carbons (Fsp3) is 0.107. The summed E-state index contributed by atoms with van der Waals surface area (Å²) in [5.41, 5.74) is -0.133. The Morgan fingerprint density at radius 3 is 2.10 bits per heavy atom. The van der Waals surface area contributed by atoms with E-state index in [1.165, 1.54) is 24.3 Å². The van der Waals surface area contributed by atoms with E-state index in [2.05, 4.69) is 5.32 Å². The van der Waals surface area contributed by atoms with Gasteiger partial charge in [0, 0.05) is 16.3 Å². The van der Waals surface area contributed by atoms with Gasteiger partial charge in [-0.1, -0.05) is 60.1 Å². The summed E-state index contributed by atoms with van der Waals surface area (Å²) in [5, 5.41) is 2.04. The Kier molecular flexibility index (Phi) is 8.89. The van der Waals surface area contributed by atoms with Crippen LogP contribution in [0.1, 0.15) is 11.1 Å². The first-order valence-electron chi connectivity index (χ1n) is 11.6. The fourth-order valence-corrected chi connectivity index (χ4v) is 6.15. The Hall–Kier alpha value is -3.47. The lowest BCUT2D eigenvalue weighted by atomic mass is 10.2. The van der Waals surface area contributed by atoms with Gasteiger partial charge in [0.25, 0.3) is 10.0 Å². The van der Waals surface area contributed by atoms with E-state index in [1.54, 1.807) is 30.0 Å². The van der Waals surface area contributed by atoms with E-state index in [4.69, 9.17) is 11.6 Å². The predicted octanol–water partition coefficient (Wildman–Crippen LogP) is 7.49. The SMILES string of the molecule is O=C(CN(c1ccc(Cl)c(C(F)(F)F)c1)S(=O)(=O)c1ccccc1)Nc1ccc(CSc2ccccc2)cc1. The quantitative estimate of drug-likeness (QED) is 0.205. The largest absolute Gasteiger partial charge is 0.417 e. The maximum absolute atomic E-state index is 13.5. The lowest BCUT2D eigenvalue weighted by molar-refractivity contribution is -0.137. The summed E-state index contributed by atoms with van der Waals surface area (Å²) >= 11 is 7.38. The summed E-state index contributed by atoms with van der Waals surface area (Å²) in [6.45, 7) is -0.762. The highest BCUT2D eigenvalue weighted by atomic mass is 35.5. The zero-order valence-corrected chi connectivity index (χ0v) is 22.6. The van der Waals surface area contributed by atoms with Crippen LogP contribution >= 0.6 is 23.4 Å². The number of sulfonamides is 1. The molecular formula is C28H22ClF3N2O3S2. The lowest BCUT2D eigenvalue weighted by Crippen LogP contribution is -2.38. The van der Waals surface area contributed by atoms with E-state index >= 15 is 0 Å². The molecule has 0 spiro atoms. The van der Waals surface area contributed by atoms with Crippen LogP contribution in [0.2, 0.25) is 5.02 Å². The minimum absolute atomic E-state index is 0.179. The molecule has 202 valence electrons. The number of halogens is 4. The van der Waals surface area contributed by atoms with Gasteiger partial charge in [-0.25, -0.2) is 8.42 Å². The number of hydrogen-bond acceptors (Lipinski definition) is 4. The second-order valence-corrected chi connectivity index (χ2v) is 11.7. The number of nitrogens with zero attached hydrogens (tertiary/aromatic N) is 1. The van der Waals surface area contributed by atoms with Gasteiger partial charge in [-0.3, -0.25) is 9.10 Å².